The molecule has 0 radical (unpaired) electrons. The van der Waals surface area contributed by atoms with E-state index in [0.29, 0.717) is 0 Å². The van der Waals surface area contributed by atoms with E-state index in [-0.39, 0.29) is 0 Å². The fraction of sp³-hybridized carbons (Fsp3) is 0.625. The molecule has 1 rings (SSSR count). The third-order valence-corrected chi connectivity index (χ3v) is 11.0. The van der Waals surface area contributed by atoms with Crippen LogP contribution in [0, 0.1) is 0 Å². The third kappa shape index (κ3) is 3.53. The first-order valence-corrected chi connectivity index (χ1v) is 9.93. The normalized spacial score (nSPS) is 11.7. The molecule has 0 atom stereocenters. The minimum atomic E-state index is -1.22. The van der Waals surface area contributed by atoms with Crippen LogP contribution >= 0.6 is 0 Å². The molecule has 0 aliphatic rings. The Labute approximate surface area is 119 Å². The van der Waals surface area contributed by atoms with Gasteiger partial charge in [-0.15, -0.1) is 0 Å². The van der Waals surface area contributed by atoms with Gasteiger partial charge in [-0.05, 0) is 23.7 Å². The molecule has 0 saturated carbocycles. The van der Waals surface area contributed by atoms with Gasteiger partial charge in [0.1, 0.15) is 0 Å². The van der Waals surface area contributed by atoms with Crippen molar-refractivity contribution in [1.82, 2.24) is 0 Å². The first-order valence-electron chi connectivity index (χ1n) is 7.23. The van der Waals surface area contributed by atoms with Crippen molar-refractivity contribution in [1.29, 1.82) is 0 Å². The van der Waals surface area contributed by atoms with Crippen LogP contribution in [0.2, 0.25) is 17.6 Å². The number of methoxy groups -OCH3 is 2. The number of rotatable bonds is 7. The Bertz CT molecular complexity index is 398. The van der Waals surface area contributed by atoms with Gasteiger partial charge >= 0.3 is 0 Å². The van der Waals surface area contributed by atoms with Crippen molar-refractivity contribution in [2.75, 3.05) is 14.2 Å². The van der Waals surface area contributed by atoms with Gasteiger partial charge in [-0.2, -0.15) is 0 Å². The molecule has 1 aromatic carbocycles. The van der Waals surface area contributed by atoms with E-state index in [1.165, 1.54) is 23.7 Å². The van der Waals surface area contributed by atoms with Gasteiger partial charge in [0.05, 0.1) is 22.3 Å². The van der Waals surface area contributed by atoms with Crippen LogP contribution in [0.15, 0.2) is 18.2 Å². The lowest BCUT2D eigenvalue weighted by molar-refractivity contribution is 0.354. The van der Waals surface area contributed by atoms with E-state index in [1.807, 2.05) is 6.07 Å². The second-order valence-corrected chi connectivity index (χ2v) is 11.2. The van der Waals surface area contributed by atoms with Gasteiger partial charge in [-0.1, -0.05) is 51.4 Å². The third-order valence-electron chi connectivity index (χ3n) is 4.64. The molecule has 2 nitrogen and oxygen atoms in total. The zero-order valence-corrected chi connectivity index (χ0v) is 14.2. The number of ether oxygens (including phenoxy) is 2. The van der Waals surface area contributed by atoms with Gasteiger partial charge in [-0.3, -0.25) is 0 Å². The van der Waals surface area contributed by atoms with Gasteiger partial charge < -0.3 is 9.47 Å². The molecular weight excluding hydrogens is 252 g/mol. The van der Waals surface area contributed by atoms with Crippen molar-refractivity contribution in [3.05, 3.63) is 23.8 Å². The van der Waals surface area contributed by atoms with Crippen molar-refractivity contribution in [3.63, 3.8) is 0 Å². The van der Waals surface area contributed by atoms with E-state index in [0.717, 1.165) is 17.0 Å². The summed E-state index contributed by atoms with van der Waals surface area (Å²) in [6.07, 6.45) is 0. The van der Waals surface area contributed by atoms with Gasteiger partial charge in [0.25, 0.3) is 0 Å². The zero-order valence-electron chi connectivity index (χ0n) is 13.2. The Hall–Kier alpha value is -0.963. The molecule has 0 heterocycles. The van der Waals surface area contributed by atoms with Gasteiger partial charge in [0.15, 0.2) is 11.5 Å². The van der Waals surface area contributed by atoms with Crippen LogP contribution in [0.3, 0.4) is 0 Å². The monoisotopic (exact) mass is 280 g/mol. The summed E-state index contributed by atoms with van der Waals surface area (Å²) in [7, 11) is 2.16. The summed E-state index contributed by atoms with van der Waals surface area (Å²) in [5, 5.41) is 0. The predicted molar refractivity (Wildman–Crippen MR) is 85.1 cm³/mol. The van der Waals surface area contributed by atoms with Crippen molar-refractivity contribution in [2.45, 2.75) is 51.4 Å². The molecule has 0 aromatic heterocycles. The average Bonchev–Trinajstić information content (AvgIpc) is 2.44. The molecule has 19 heavy (non-hydrogen) atoms. The average molecular weight is 280 g/mol. The predicted octanol–water partition coefficient (Wildman–Crippen LogP) is 4.68. The van der Waals surface area contributed by atoms with E-state index in [9.17, 15) is 0 Å². The summed E-state index contributed by atoms with van der Waals surface area (Å²) < 4.78 is 10.7. The highest BCUT2D eigenvalue weighted by molar-refractivity contribution is 6.80. The molecule has 0 bridgehead atoms. The minimum Gasteiger partial charge on any atom is -0.493 e. The summed E-state index contributed by atoms with van der Waals surface area (Å²) in [5.41, 5.74) is 2.21. The molecule has 0 aliphatic heterocycles. The van der Waals surface area contributed by atoms with Gasteiger partial charge in [0, 0.05) is 0 Å². The standard InChI is InChI=1S/C16H28O2Si/c1-7-19(8-2,13(3)4)12-14-9-10-15(17-5)16(11-14)18-6/h9-11,13H,7-8,12H2,1-6H3. The van der Waals surface area contributed by atoms with Crippen molar-refractivity contribution in [2.24, 2.45) is 0 Å². The first kappa shape index (κ1) is 16.1. The quantitative estimate of drug-likeness (QED) is 0.675. The van der Waals surface area contributed by atoms with Crippen LogP contribution in [-0.2, 0) is 6.04 Å². The van der Waals surface area contributed by atoms with E-state index >= 15 is 0 Å². The Morgan fingerprint density at radius 1 is 1.00 bits per heavy atom. The number of hydrogen-bond acceptors (Lipinski definition) is 2. The lowest BCUT2D eigenvalue weighted by Gasteiger charge is -2.34. The summed E-state index contributed by atoms with van der Waals surface area (Å²) in [4.78, 5) is 0. The molecule has 0 N–H and O–H groups in total. The maximum Gasteiger partial charge on any atom is 0.160 e. The lowest BCUT2D eigenvalue weighted by Crippen LogP contribution is -2.39. The van der Waals surface area contributed by atoms with Gasteiger partial charge in [0.2, 0.25) is 0 Å². The lowest BCUT2D eigenvalue weighted by atomic mass is 10.2. The van der Waals surface area contributed by atoms with Crippen LogP contribution in [-0.4, -0.2) is 22.3 Å². The molecule has 0 saturated heterocycles. The summed E-state index contributed by atoms with van der Waals surface area (Å²) in [6, 6.07) is 10.3. The van der Waals surface area contributed by atoms with E-state index < -0.39 is 8.07 Å². The zero-order chi connectivity index (χ0) is 14.5. The molecule has 0 unspecified atom stereocenters. The number of hydrogen-bond donors (Lipinski definition) is 0. The molecule has 0 aliphatic carbocycles. The number of benzene rings is 1. The van der Waals surface area contributed by atoms with Crippen LogP contribution in [0.5, 0.6) is 11.5 Å². The first-order chi connectivity index (χ1) is 9.02. The maximum absolute atomic E-state index is 5.41. The second-order valence-electron chi connectivity index (χ2n) is 5.59. The van der Waals surface area contributed by atoms with E-state index in [4.69, 9.17) is 9.47 Å². The summed E-state index contributed by atoms with van der Waals surface area (Å²) in [5.74, 6) is 1.66. The Balaban J connectivity index is 3.04. The van der Waals surface area contributed by atoms with Crippen LogP contribution in [0.1, 0.15) is 33.3 Å². The van der Waals surface area contributed by atoms with E-state index in [1.54, 1.807) is 14.2 Å². The molecule has 0 amide bonds. The van der Waals surface area contributed by atoms with Crippen molar-refractivity contribution >= 4 is 8.07 Å². The second kappa shape index (κ2) is 6.99. The van der Waals surface area contributed by atoms with Crippen LogP contribution < -0.4 is 9.47 Å². The Morgan fingerprint density at radius 3 is 2.00 bits per heavy atom. The molecular formula is C16H28O2Si. The molecule has 3 heteroatoms. The van der Waals surface area contributed by atoms with Gasteiger partial charge in [-0.25, -0.2) is 0 Å². The smallest absolute Gasteiger partial charge is 0.160 e. The summed E-state index contributed by atoms with van der Waals surface area (Å²) in [6.45, 7) is 9.49. The fourth-order valence-corrected chi connectivity index (χ4v) is 6.99. The molecule has 0 fully saturated rings. The molecule has 0 spiro atoms. The highest BCUT2D eigenvalue weighted by atomic mass is 28.3. The van der Waals surface area contributed by atoms with E-state index in [2.05, 4.69) is 39.8 Å². The minimum absolute atomic E-state index is 0.815. The SMILES string of the molecule is CC[Si](CC)(Cc1ccc(OC)c(OC)c1)C(C)C. The van der Waals surface area contributed by atoms with Crippen LogP contribution in [0.4, 0.5) is 0 Å². The maximum atomic E-state index is 5.41. The fourth-order valence-electron chi connectivity index (χ4n) is 2.92. The highest BCUT2D eigenvalue weighted by Gasteiger charge is 2.32. The molecule has 108 valence electrons. The Kier molecular flexibility index (Phi) is 5.92. The van der Waals surface area contributed by atoms with Crippen molar-refractivity contribution in [3.8, 4) is 11.5 Å². The summed E-state index contributed by atoms with van der Waals surface area (Å²) >= 11 is 0. The Morgan fingerprint density at radius 2 is 1.58 bits per heavy atom. The molecule has 1 aromatic rings. The topological polar surface area (TPSA) is 18.5 Å². The largest absolute Gasteiger partial charge is 0.493 e. The van der Waals surface area contributed by atoms with Crippen molar-refractivity contribution < 1.29 is 9.47 Å². The van der Waals surface area contributed by atoms with Crippen LogP contribution in [0.25, 0.3) is 0 Å². The highest BCUT2D eigenvalue weighted by Crippen LogP contribution is 2.35.